The summed E-state index contributed by atoms with van der Waals surface area (Å²) >= 11 is 1.16. The third kappa shape index (κ3) is 3.16. The Labute approximate surface area is 135 Å². The highest BCUT2D eigenvalue weighted by Gasteiger charge is 2.32. The molecular weight excluding hydrogens is 320 g/mol. The molecule has 0 spiro atoms. The molecular formula is C15H14N2O5S. The van der Waals surface area contributed by atoms with Crippen LogP contribution in [0.5, 0.6) is 0 Å². The van der Waals surface area contributed by atoms with Crippen LogP contribution in [0.4, 0.5) is 0 Å². The van der Waals surface area contributed by atoms with Gasteiger partial charge in [0, 0.05) is 25.8 Å². The van der Waals surface area contributed by atoms with Crippen LogP contribution in [0.1, 0.15) is 25.7 Å². The molecule has 1 saturated heterocycles. The van der Waals surface area contributed by atoms with Gasteiger partial charge in [0.05, 0.1) is 10.2 Å². The van der Waals surface area contributed by atoms with Gasteiger partial charge in [0.2, 0.25) is 0 Å². The first kappa shape index (κ1) is 15.4. The van der Waals surface area contributed by atoms with Crippen molar-refractivity contribution in [3.63, 3.8) is 0 Å². The normalized spacial score (nSPS) is 14.7. The van der Waals surface area contributed by atoms with E-state index < -0.39 is 17.8 Å². The van der Waals surface area contributed by atoms with Gasteiger partial charge in [0.15, 0.2) is 0 Å². The first-order chi connectivity index (χ1) is 11.1. The van der Waals surface area contributed by atoms with Gasteiger partial charge in [0.1, 0.15) is 0 Å². The van der Waals surface area contributed by atoms with Crippen LogP contribution in [0.2, 0.25) is 0 Å². The van der Waals surface area contributed by atoms with E-state index in [4.69, 9.17) is 4.84 Å². The summed E-state index contributed by atoms with van der Waals surface area (Å²) < 4.78 is 2.51. The highest BCUT2D eigenvalue weighted by atomic mass is 32.1. The van der Waals surface area contributed by atoms with Crippen molar-refractivity contribution in [1.29, 1.82) is 0 Å². The minimum atomic E-state index is -0.652. The number of hydrogen-bond acceptors (Lipinski definition) is 6. The van der Waals surface area contributed by atoms with Crippen LogP contribution in [-0.2, 0) is 25.8 Å². The van der Waals surface area contributed by atoms with Gasteiger partial charge in [-0.25, -0.2) is 4.79 Å². The second kappa shape index (κ2) is 6.33. The second-order valence-corrected chi connectivity index (χ2v) is 6.13. The summed E-state index contributed by atoms with van der Waals surface area (Å²) in [5, 5.41) is 0.536. The molecule has 0 N–H and O–H groups in total. The van der Waals surface area contributed by atoms with Gasteiger partial charge in [0.25, 0.3) is 11.8 Å². The van der Waals surface area contributed by atoms with Crippen LogP contribution in [-0.4, -0.2) is 27.4 Å². The number of nitrogens with zero attached hydrogens (tertiary/aromatic N) is 2. The van der Waals surface area contributed by atoms with E-state index >= 15 is 0 Å². The predicted octanol–water partition coefficient (Wildman–Crippen LogP) is 1.45. The summed E-state index contributed by atoms with van der Waals surface area (Å²) in [5.74, 6) is -1.65. The maximum Gasteiger partial charge on any atom is 0.333 e. The Hall–Kier alpha value is -2.48. The highest BCUT2D eigenvalue weighted by molar-refractivity contribution is 7.16. The molecule has 1 fully saturated rings. The SMILES string of the molecule is O=C(CCCn1c(=O)sc2ccccc21)ON1C(=O)CCC1=O. The number of amides is 2. The zero-order valence-electron chi connectivity index (χ0n) is 12.2. The summed E-state index contributed by atoms with van der Waals surface area (Å²) in [4.78, 5) is 51.1. The molecule has 0 aliphatic carbocycles. The van der Waals surface area contributed by atoms with Crippen molar-refractivity contribution in [2.45, 2.75) is 32.2 Å². The number of rotatable bonds is 5. The van der Waals surface area contributed by atoms with Crippen LogP contribution in [0.3, 0.4) is 0 Å². The average Bonchev–Trinajstić information content (AvgIpc) is 3.01. The molecule has 2 amide bonds. The molecule has 0 saturated carbocycles. The van der Waals surface area contributed by atoms with Gasteiger partial charge in [-0.3, -0.25) is 19.0 Å². The molecule has 7 nitrogen and oxygen atoms in total. The minimum Gasteiger partial charge on any atom is -0.330 e. The van der Waals surface area contributed by atoms with E-state index in [1.54, 1.807) is 4.57 Å². The molecule has 2 heterocycles. The van der Waals surface area contributed by atoms with E-state index in [1.807, 2.05) is 24.3 Å². The first-order valence-electron chi connectivity index (χ1n) is 7.21. The molecule has 0 unspecified atom stereocenters. The molecule has 0 bridgehead atoms. The molecule has 8 heteroatoms. The fourth-order valence-electron chi connectivity index (χ4n) is 2.41. The molecule has 0 atom stereocenters. The van der Waals surface area contributed by atoms with Gasteiger partial charge in [-0.1, -0.05) is 23.5 Å². The van der Waals surface area contributed by atoms with Crippen molar-refractivity contribution in [2.75, 3.05) is 0 Å². The number of hydrogen-bond donors (Lipinski definition) is 0. The van der Waals surface area contributed by atoms with E-state index in [-0.39, 0.29) is 24.1 Å². The van der Waals surface area contributed by atoms with Crippen LogP contribution >= 0.6 is 11.3 Å². The topological polar surface area (TPSA) is 85.7 Å². The number of aryl methyl sites for hydroxylation is 1. The zero-order valence-corrected chi connectivity index (χ0v) is 13.0. The predicted molar refractivity (Wildman–Crippen MR) is 82.5 cm³/mol. The fraction of sp³-hybridized carbons (Fsp3) is 0.333. The summed E-state index contributed by atoms with van der Waals surface area (Å²) in [6.45, 7) is 0.375. The Balaban J connectivity index is 1.57. The number of benzene rings is 1. The summed E-state index contributed by atoms with van der Waals surface area (Å²) in [6, 6.07) is 7.44. The van der Waals surface area contributed by atoms with E-state index in [0.29, 0.717) is 18.0 Å². The summed E-state index contributed by atoms with van der Waals surface area (Å²) in [6.07, 6.45) is 0.550. The van der Waals surface area contributed by atoms with Gasteiger partial charge < -0.3 is 4.84 Å². The van der Waals surface area contributed by atoms with Crippen LogP contribution in [0, 0.1) is 0 Å². The Morgan fingerprint density at radius 1 is 1.13 bits per heavy atom. The first-order valence-corrected chi connectivity index (χ1v) is 8.03. The Kier molecular flexibility index (Phi) is 4.24. The maximum atomic E-state index is 11.9. The molecule has 1 aliphatic heterocycles. The lowest BCUT2D eigenvalue weighted by Gasteiger charge is -2.12. The molecule has 0 radical (unpaired) electrons. The van der Waals surface area contributed by atoms with Gasteiger partial charge in [-0.2, -0.15) is 0 Å². The monoisotopic (exact) mass is 334 g/mol. The third-order valence-corrected chi connectivity index (χ3v) is 4.50. The van der Waals surface area contributed by atoms with E-state index in [2.05, 4.69) is 0 Å². The smallest absolute Gasteiger partial charge is 0.330 e. The number of carbonyl (C=O) groups is 3. The van der Waals surface area contributed by atoms with Crippen molar-refractivity contribution in [3.05, 3.63) is 33.9 Å². The second-order valence-electron chi connectivity index (χ2n) is 5.14. The standard InChI is InChI=1S/C15H14N2O5S/c18-12-7-8-13(19)17(12)22-14(20)6-3-9-16-10-4-1-2-5-11(10)23-15(16)21/h1-2,4-5H,3,6-9H2. The van der Waals surface area contributed by atoms with Crippen molar-refractivity contribution in [2.24, 2.45) is 0 Å². The molecule has 1 aromatic carbocycles. The number of thiazole rings is 1. The molecule has 23 heavy (non-hydrogen) atoms. The minimum absolute atomic E-state index is 0.0215. The van der Waals surface area contributed by atoms with E-state index in [9.17, 15) is 19.2 Å². The Morgan fingerprint density at radius 3 is 2.57 bits per heavy atom. The van der Waals surface area contributed by atoms with Gasteiger partial charge >= 0.3 is 10.8 Å². The molecule has 120 valence electrons. The number of hydroxylamine groups is 2. The number of para-hydroxylation sites is 1. The number of aromatic nitrogens is 1. The van der Waals surface area contributed by atoms with Crippen molar-refractivity contribution in [3.8, 4) is 0 Å². The molecule has 3 rings (SSSR count). The van der Waals surface area contributed by atoms with E-state index in [1.165, 1.54) is 0 Å². The average molecular weight is 334 g/mol. The quantitative estimate of drug-likeness (QED) is 0.773. The fourth-order valence-corrected chi connectivity index (χ4v) is 3.33. The lowest BCUT2D eigenvalue weighted by molar-refractivity contribution is -0.197. The molecule has 1 aromatic heterocycles. The van der Waals surface area contributed by atoms with Crippen molar-refractivity contribution < 1.29 is 19.2 Å². The zero-order chi connectivity index (χ0) is 16.4. The number of carbonyl (C=O) groups excluding carboxylic acids is 3. The number of imide groups is 1. The Morgan fingerprint density at radius 2 is 1.83 bits per heavy atom. The van der Waals surface area contributed by atoms with Gasteiger partial charge in [-0.05, 0) is 18.6 Å². The summed E-state index contributed by atoms with van der Waals surface area (Å²) in [7, 11) is 0. The Bertz CT molecular complexity index is 822. The van der Waals surface area contributed by atoms with Crippen LogP contribution in [0.25, 0.3) is 10.2 Å². The lowest BCUT2D eigenvalue weighted by Crippen LogP contribution is -2.32. The van der Waals surface area contributed by atoms with Crippen LogP contribution in [0.15, 0.2) is 29.1 Å². The van der Waals surface area contributed by atoms with Crippen LogP contribution < -0.4 is 4.87 Å². The largest absolute Gasteiger partial charge is 0.333 e. The van der Waals surface area contributed by atoms with Gasteiger partial charge in [-0.15, -0.1) is 5.06 Å². The van der Waals surface area contributed by atoms with E-state index in [0.717, 1.165) is 21.6 Å². The highest BCUT2D eigenvalue weighted by Crippen LogP contribution is 2.17. The lowest BCUT2D eigenvalue weighted by atomic mass is 10.3. The van der Waals surface area contributed by atoms with Crippen molar-refractivity contribution in [1.82, 2.24) is 9.63 Å². The molecule has 1 aliphatic rings. The maximum absolute atomic E-state index is 11.9. The third-order valence-electron chi connectivity index (χ3n) is 3.54. The van der Waals surface area contributed by atoms with Crippen molar-refractivity contribution >= 4 is 39.3 Å². The molecule has 2 aromatic rings. The number of fused-ring (bicyclic) bond motifs is 1. The summed E-state index contributed by atoms with van der Waals surface area (Å²) in [5.41, 5.74) is 0.834.